The van der Waals surface area contributed by atoms with E-state index in [4.69, 9.17) is 9.47 Å². The molecule has 0 saturated carbocycles. The zero-order chi connectivity index (χ0) is 16.6. The normalized spacial score (nSPS) is 11.3. The van der Waals surface area contributed by atoms with E-state index in [9.17, 15) is 13.2 Å². The zero-order valence-corrected chi connectivity index (χ0v) is 13.6. The Morgan fingerprint density at radius 1 is 1.18 bits per heavy atom. The van der Waals surface area contributed by atoms with Crippen LogP contribution in [0.1, 0.15) is 0 Å². The second-order valence-electron chi connectivity index (χ2n) is 4.47. The molecule has 0 bridgehead atoms. The van der Waals surface area contributed by atoms with Crippen LogP contribution in [0, 0.1) is 0 Å². The average Bonchev–Trinajstić information content (AvgIpc) is 2.49. The van der Waals surface area contributed by atoms with Gasteiger partial charge in [0.25, 0.3) is 16.1 Å². The number of rotatable bonds is 9. The molecule has 22 heavy (non-hydrogen) atoms. The van der Waals surface area contributed by atoms with Crippen molar-refractivity contribution in [3.05, 3.63) is 24.3 Å². The Morgan fingerprint density at radius 2 is 1.82 bits per heavy atom. The van der Waals surface area contributed by atoms with Crippen molar-refractivity contribution in [1.29, 1.82) is 0 Å². The molecule has 8 nitrogen and oxygen atoms in total. The van der Waals surface area contributed by atoms with Gasteiger partial charge in [-0.2, -0.15) is 12.7 Å². The van der Waals surface area contributed by atoms with Crippen molar-refractivity contribution >= 4 is 16.1 Å². The van der Waals surface area contributed by atoms with Crippen LogP contribution in [-0.4, -0.2) is 59.5 Å². The number of carbonyl (C=O) groups excluding carboxylic acids is 1. The van der Waals surface area contributed by atoms with E-state index in [0.717, 1.165) is 4.31 Å². The molecule has 124 valence electrons. The van der Waals surface area contributed by atoms with Crippen LogP contribution in [0.4, 0.5) is 0 Å². The monoisotopic (exact) mass is 331 g/mol. The molecule has 1 aromatic rings. The van der Waals surface area contributed by atoms with Gasteiger partial charge >= 0.3 is 0 Å². The SMILES string of the molecule is COc1ccccc1OCC(=O)NCCNS(=O)(=O)N(C)C. The maximum absolute atomic E-state index is 11.6. The summed E-state index contributed by atoms with van der Waals surface area (Å²) in [5.41, 5.74) is 0. The molecule has 2 N–H and O–H groups in total. The summed E-state index contributed by atoms with van der Waals surface area (Å²) in [7, 11) is 0.874. The molecule has 0 spiro atoms. The number of nitrogens with one attached hydrogen (secondary N) is 2. The summed E-state index contributed by atoms with van der Waals surface area (Å²) in [6.45, 7) is 0.0862. The smallest absolute Gasteiger partial charge is 0.278 e. The summed E-state index contributed by atoms with van der Waals surface area (Å²) in [4.78, 5) is 11.6. The Bertz CT molecular complexity index is 589. The highest BCUT2D eigenvalue weighted by molar-refractivity contribution is 7.87. The lowest BCUT2D eigenvalue weighted by Gasteiger charge is -2.13. The third kappa shape index (κ3) is 5.88. The van der Waals surface area contributed by atoms with E-state index in [0.29, 0.717) is 11.5 Å². The maximum Gasteiger partial charge on any atom is 0.278 e. The average molecular weight is 331 g/mol. The van der Waals surface area contributed by atoms with Gasteiger partial charge in [0.05, 0.1) is 7.11 Å². The van der Waals surface area contributed by atoms with E-state index in [1.54, 1.807) is 24.3 Å². The number of amides is 1. The Labute approximate surface area is 130 Å². The molecule has 0 aliphatic heterocycles. The van der Waals surface area contributed by atoms with E-state index in [1.165, 1.54) is 21.2 Å². The van der Waals surface area contributed by atoms with Crippen molar-refractivity contribution in [2.75, 3.05) is 40.9 Å². The third-order valence-electron chi connectivity index (χ3n) is 2.64. The summed E-state index contributed by atoms with van der Waals surface area (Å²) in [5.74, 6) is 0.650. The first-order chi connectivity index (χ1) is 10.4. The molecule has 0 saturated heterocycles. The minimum absolute atomic E-state index is 0.0981. The Hall–Kier alpha value is -1.84. The fraction of sp³-hybridized carbons (Fsp3) is 0.462. The quantitative estimate of drug-likeness (QED) is 0.600. The zero-order valence-electron chi connectivity index (χ0n) is 12.8. The second kappa shape index (κ2) is 8.57. The van der Waals surface area contributed by atoms with Gasteiger partial charge in [-0.1, -0.05) is 12.1 Å². The second-order valence-corrected chi connectivity index (χ2v) is 6.44. The van der Waals surface area contributed by atoms with E-state index in [-0.39, 0.29) is 25.6 Å². The summed E-state index contributed by atoms with van der Waals surface area (Å²) >= 11 is 0. The van der Waals surface area contributed by atoms with Gasteiger partial charge in [0.15, 0.2) is 18.1 Å². The molecular weight excluding hydrogens is 310 g/mol. The molecule has 0 unspecified atom stereocenters. The van der Waals surface area contributed by atoms with E-state index < -0.39 is 10.2 Å². The van der Waals surface area contributed by atoms with Crippen molar-refractivity contribution < 1.29 is 22.7 Å². The van der Waals surface area contributed by atoms with Crippen LogP contribution in [0.2, 0.25) is 0 Å². The molecule has 0 radical (unpaired) electrons. The highest BCUT2D eigenvalue weighted by Crippen LogP contribution is 2.25. The van der Waals surface area contributed by atoms with Gasteiger partial charge in [-0.25, -0.2) is 4.72 Å². The standard InChI is InChI=1S/C13H21N3O5S/c1-16(2)22(18,19)15-9-8-14-13(17)10-21-12-7-5-4-6-11(12)20-3/h4-7,15H,8-10H2,1-3H3,(H,14,17). The number of para-hydroxylation sites is 2. The van der Waals surface area contributed by atoms with Crippen molar-refractivity contribution in [3.8, 4) is 11.5 Å². The highest BCUT2D eigenvalue weighted by Gasteiger charge is 2.12. The molecule has 1 aromatic carbocycles. The molecule has 0 atom stereocenters. The molecule has 1 amide bonds. The van der Waals surface area contributed by atoms with Crippen LogP contribution in [-0.2, 0) is 15.0 Å². The molecule has 9 heteroatoms. The van der Waals surface area contributed by atoms with Gasteiger partial charge in [-0.15, -0.1) is 0 Å². The van der Waals surface area contributed by atoms with E-state index in [2.05, 4.69) is 10.0 Å². The summed E-state index contributed by atoms with van der Waals surface area (Å²) < 4.78 is 36.7. The molecule has 0 aliphatic rings. The molecular formula is C13H21N3O5S. The number of hydrogen-bond donors (Lipinski definition) is 2. The first-order valence-electron chi connectivity index (χ1n) is 6.56. The fourth-order valence-electron chi connectivity index (χ4n) is 1.44. The summed E-state index contributed by atoms with van der Waals surface area (Å²) in [6.07, 6.45) is 0. The summed E-state index contributed by atoms with van der Waals surface area (Å²) in [6, 6.07) is 6.98. The first kappa shape index (κ1) is 18.2. The van der Waals surface area contributed by atoms with Gasteiger partial charge in [0, 0.05) is 27.2 Å². The third-order valence-corrected chi connectivity index (χ3v) is 4.17. The Balaban J connectivity index is 2.30. The maximum atomic E-state index is 11.6. The van der Waals surface area contributed by atoms with Crippen molar-refractivity contribution in [2.24, 2.45) is 0 Å². The van der Waals surface area contributed by atoms with E-state index in [1.807, 2.05) is 0 Å². The minimum atomic E-state index is -3.48. The topological polar surface area (TPSA) is 97.0 Å². The Morgan fingerprint density at radius 3 is 2.41 bits per heavy atom. The predicted molar refractivity (Wildman–Crippen MR) is 82.1 cm³/mol. The highest BCUT2D eigenvalue weighted by atomic mass is 32.2. The van der Waals surface area contributed by atoms with Crippen LogP contribution >= 0.6 is 0 Å². The largest absolute Gasteiger partial charge is 0.493 e. The van der Waals surface area contributed by atoms with Crippen LogP contribution in [0.25, 0.3) is 0 Å². The number of hydrogen-bond acceptors (Lipinski definition) is 5. The van der Waals surface area contributed by atoms with E-state index >= 15 is 0 Å². The minimum Gasteiger partial charge on any atom is -0.493 e. The van der Waals surface area contributed by atoms with Gasteiger partial charge in [-0.05, 0) is 12.1 Å². The molecule has 1 rings (SSSR count). The number of nitrogens with zero attached hydrogens (tertiary/aromatic N) is 1. The van der Waals surface area contributed by atoms with Gasteiger partial charge in [0.1, 0.15) is 0 Å². The number of ether oxygens (including phenoxy) is 2. The lowest BCUT2D eigenvalue weighted by molar-refractivity contribution is -0.123. The molecule has 0 heterocycles. The first-order valence-corrected chi connectivity index (χ1v) is 8.00. The lowest BCUT2D eigenvalue weighted by atomic mass is 10.3. The van der Waals surface area contributed by atoms with Gasteiger partial charge in [0.2, 0.25) is 0 Å². The van der Waals surface area contributed by atoms with Gasteiger partial charge < -0.3 is 14.8 Å². The van der Waals surface area contributed by atoms with Crippen molar-refractivity contribution in [1.82, 2.24) is 14.3 Å². The van der Waals surface area contributed by atoms with Crippen LogP contribution < -0.4 is 19.5 Å². The van der Waals surface area contributed by atoms with Crippen molar-refractivity contribution in [3.63, 3.8) is 0 Å². The predicted octanol–water partition coefficient (Wildman–Crippen LogP) is -0.414. The van der Waals surface area contributed by atoms with Crippen LogP contribution in [0.15, 0.2) is 24.3 Å². The van der Waals surface area contributed by atoms with Crippen LogP contribution in [0.5, 0.6) is 11.5 Å². The Kier molecular flexibility index (Phi) is 7.09. The van der Waals surface area contributed by atoms with Crippen LogP contribution in [0.3, 0.4) is 0 Å². The summed E-state index contributed by atoms with van der Waals surface area (Å²) in [5, 5.41) is 2.55. The molecule has 0 aliphatic carbocycles. The number of methoxy groups -OCH3 is 1. The molecule has 0 aromatic heterocycles. The number of carbonyl (C=O) groups is 1. The molecule has 0 fully saturated rings. The van der Waals surface area contributed by atoms with Gasteiger partial charge in [-0.3, -0.25) is 4.79 Å². The van der Waals surface area contributed by atoms with Crippen molar-refractivity contribution in [2.45, 2.75) is 0 Å². The fourth-order valence-corrected chi connectivity index (χ4v) is 2.06. The number of benzene rings is 1. The lowest BCUT2D eigenvalue weighted by Crippen LogP contribution is -2.41.